The number of nitrogens with one attached hydrogen (secondary N) is 1. The summed E-state index contributed by atoms with van der Waals surface area (Å²) in [5.74, 6) is -0.172. The van der Waals surface area contributed by atoms with Crippen LogP contribution in [0.2, 0.25) is 5.15 Å². The Morgan fingerprint density at radius 3 is 3.06 bits per heavy atom. The minimum absolute atomic E-state index is 0.0339. The maximum Gasteiger partial charge on any atom is 0.251 e. The Bertz CT molecular complexity index is 358. The second-order valence-corrected chi connectivity index (χ2v) is 3.99. The van der Waals surface area contributed by atoms with E-state index in [-0.39, 0.29) is 18.6 Å². The number of aliphatic hydroxyl groups is 1. The average Bonchev–Trinajstić information content (AvgIpc) is 2.26. The fourth-order valence-corrected chi connectivity index (χ4v) is 1.49. The highest BCUT2D eigenvalue weighted by atomic mass is 35.5. The third-order valence-electron chi connectivity index (χ3n) is 2.16. The lowest BCUT2D eigenvalue weighted by Gasteiger charge is -2.13. The Balaban J connectivity index is 2.52. The fourth-order valence-electron chi connectivity index (χ4n) is 1.32. The van der Waals surface area contributed by atoms with E-state index < -0.39 is 0 Å². The Labute approximate surface area is 99.6 Å². The lowest BCUT2D eigenvalue weighted by atomic mass is 10.1. The van der Waals surface area contributed by atoms with Crippen LogP contribution in [0.15, 0.2) is 18.3 Å². The number of aliphatic hydroxyl groups excluding tert-OH is 1. The highest BCUT2D eigenvalue weighted by molar-refractivity contribution is 6.29. The Hall–Kier alpha value is -1.13. The lowest BCUT2D eigenvalue weighted by molar-refractivity contribution is 0.0936. The van der Waals surface area contributed by atoms with Crippen molar-refractivity contribution in [2.24, 2.45) is 0 Å². The molecule has 1 heterocycles. The van der Waals surface area contributed by atoms with Gasteiger partial charge in [0, 0.05) is 24.4 Å². The third kappa shape index (κ3) is 4.16. The van der Waals surface area contributed by atoms with Crippen molar-refractivity contribution in [3.05, 3.63) is 29.0 Å². The first kappa shape index (κ1) is 12.9. The van der Waals surface area contributed by atoms with E-state index in [4.69, 9.17) is 16.7 Å². The van der Waals surface area contributed by atoms with Crippen LogP contribution in [0, 0.1) is 0 Å². The van der Waals surface area contributed by atoms with Crippen LogP contribution in [-0.2, 0) is 0 Å². The average molecular weight is 243 g/mol. The highest BCUT2D eigenvalue weighted by Crippen LogP contribution is 2.07. The fraction of sp³-hybridized carbons (Fsp3) is 0.455. The van der Waals surface area contributed by atoms with Crippen molar-refractivity contribution in [2.45, 2.75) is 25.8 Å². The summed E-state index contributed by atoms with van der Waals surface area (Å²) in [4.78, 5) is 15.5. The molecule has 0 saturated heterocycles. The quantitative estimate of drug-likeness (QED) is 0.772. The maximum atomic E-state index is 11.7. The van der Waals surface area contributed by atoms with Gasteiger partial charge in [0.05, 0.1) is 0 Å². The number of nitrogens with zero attached hydrogens (tertiary/aromatic N) is 1. The largest absolute Gasteiger partial charge is 0.396 e. The topological polar surface area (TPSA) is 62.2 Å². The molecule has 0 fully saturated rings. The first-order valence-corrected chi connectivity index (χ1v) is 5.54. The molecule has 16 heavy (non-hydrogen) atoms. The van der Waals surface area contributed by atoms with Crippen LogP contribution in [0.4, 0.5) is 0 Å². The molecule has 0 spiro atoms. The van der Waals surface area contributed by atoms with Crippen LogP contribution in [0.1, 0.15) is 30.1 Å². The van der Waals surface area contributed by atoms with E-state index in [1.54, 1.807) is 6.07 Å². The Morgan fingerprint density at radius 2 is 2.44 bits per heavy atom. The smallest absolute Gasteiger partial charge is 0.251 e. The summed E-state index contributed by atoms with van der Waals surface area (Å²) in [6, 6.07) is 3.17. The van der Waals surface area contributed by atoms with Crippen molar-refractivity contribution >= 4 is 17.5 Å². The number of hydrogen-bond donors (Lipinski definition) is 2. The van der Waals surface area contributed by atoms with E-state index in [9.17, 15) is 4.79 Å². The van der Waals surface area contributed by atoms with Gasteiger partial charge in [-0.15, -0.1) is 0 Å². The van der Waals surface area contributed by atoms with Gasteiger partial charge in [-0.25, -0.2) is 4.98 Å². The first-order chi connectivity index (χ1) is 7.63. The van der Waals surface area contributed by atoms with Gasteiger partial charge in [-0.3, -0.25) is 4.79 Å². The molecule has 0 bridgehead atoms. The van der Waals surface area contributed by atoms with Gasteiger partial charge in [0.1, 0.15) is 5.15 Å². The van der Waals surface area contributed by atoms with Gasteiger partial charge in [0.2, 0.25) is 0 Å². The molecule has 0 radical (unpaired) electrons. The molecule has 5 heteroatoms. The van der Waals surface area contributed by atoms with Gasteiger partial charge in [-0.2, -0.15) is 0 Å². The minimum Gasteiger partial charge on any atom is -0.396 e. The minimum atomic E-state index is -0.172. The van der Waals surface area contributed by atoms with E-state index in [0.29, 0.717) is 17.1 Å². The molecule has 1 aromatic rings. The normalized spacial score (nSPS) is 12.2. The summed E-state index contributed by atoms with van der Waals surface area (Å²) in [5.41, 5.74) is 0.496. The monoisotopic (exact) mass is 242 g/mol. The summed E-state index contributed by atoms with van der Waals surface area (Å²) in [7, 11) is 0. The number of halogens is 1. The van der Waals surface area contributed by atoms with Gasteiger partial charge in [0.25, 0.3) is 5.91 Å². The molecule has 0 aliphatic heterocycles. The zero-order valence-electron chi connectivity index (χ0n) is 9.11. The maximum absolute atomic E-state index is 11.7. The van der Waals surface area contributed by atoms with Crippen LogP contribution in [0.25, 0.3) is 0 Å². The molecule has 0 saturated carbocycles. The number of carbonyl (C=O) groups is 1. The van der Waals surface area contributed by atoms with Crippen LogP contribution in [0.3, 0.4) is 0 Å². The molecule has 1 aromatic heterocycles. The van der Waals surface area contributed by atoms with E-state index in [1.165, 1.54) is 12.3 Å². The number of amides is 1. The molecular weight excluding hydrogens is 228 g/mol. The van der Waals surface area contributed by atoms with Crippen molar-refractivity contribution in [2.75, 3.05) is 6.61 Å². The standard InChI is InChI=1S/C11H15ClN2O2/c1-8(3-2-6-15)14-11(16)9-4-5-13-10(12)7-9/h4-5,7-8,15H,2-3,6H2,1H3,(H,14,16). The highest BCUT2D eigenvalue weighted by Gasteiger charge is 2.09. The first-order valence-electron chi connectivity index (χ1n) is 5.16. The molecule has 2 N–H and O–H groups in total. The summed E-state index contributed by atoms with van der Waals surface area (Å²) < 4.78 is 0. The zero-order chi connectivity index (χ0) is 12.0. The van der Waals surface area contributed by atoms with E-state index >= 15 is 0 Å². The molecule has 0 aliphatic rings. The molecule has 1 atom stereocenters. The van der Waals surface area contributed by atoms with Crippen LogP contribution >= 0.6 is 11.6 Å². The summed E-state index contributed by atoms with van der Waals surface area (Å²) in [6.45, 7) is 2.04. The van der Waals surface area contributed by atoms with Gasteiger partial charge >= 0.3 is 0 Å². The molecule has 4 nitrogen and oxygen atoms in total. The van der Waals surface area contributed by atoms with E-state index in [2.05, 4.69) is 10.3 Å². The predicted molar refractivity (Wildman–Crippen MR) is 62.5 cm³/mol. The van der Waals surface area contributed by atoms with Gasteiger partial charge in [-0.05, 0) is 31.9 Å². The molecule has 88 valence electrons. The van der Waals surface area contributed by atoms with Gasteiger partial charge < -0.3 is 10.4 Å². The number of rotatable bonds is 5. The SMILES string of the molecule is CC(CCCO)NC(=O)c1ccnc(Cl)c1. The predicted octanol–water partition coefficient (Wildman–Crippen LogP) is 1.63. The third-order valence-corrected chi connectivity index (χ3v) is 2.37. The molecule has 0 aromatic carbocycles. The van der Waals surface area contributed by atoms with Crippen molar-refractivity contribution in [3.8, 4) is 0 Å². The van der Waals surface area contributed by atoms with Crippen molar-refractivity contribution in [3.63, 3.8) is 0 Å². The molecule has 1 rings (SSSR count). The van der Waals surface area contributed by atoms with Gasteiger partial charge in [0.15, 0.2) is 0 Å². The molecule has 0 aliphatic carbocycles. The zero-order valence-corrected chi connectivity index (χ0v) is 9.87. The van der Waals surface area contributed by atoms with Crippen LogP contribution in [-0.4, -0.2) is 28.6 Å². The van der Waals surface area contributed by atoms with Crippen LogP contribution < -0.4 is 5.32 Å². The second kappa shape index (κ2) is 6.45. The Morgan fingerprint density at radius 1 is 1.69 bits per heavy atom. The summed E-state index contributed by atoms with van der Waals surface area (Å²) >= 11 is 5.68. The number of hydrogen-bond acceptors (Lipinski definition) is 3. The molecule has 1 unspecified atom stereocenters. The van der Waals surface area contributed by atoms with Crippen molar-refractivity contribution < 1.29 is 9.90 Å². The summed E-state index contributed by atoms with van der Waals surface area (Å²) in [6.07, 6.45) is 2.93. The van der Waals surface area contributed by atoms with Crippen LogP contribution in [0.5, 0.6) is 0 Å². The number of pyridine rings is 1. The van der Waals surface area contributed by atoms with Gasteiger partial charge in [-0.1, -0.05) is 11.6 Å². The van der Waals surface area contributed by atoms with Crippen molar-refractivity contribution in [1.29, 1.82) is 0 Å². The van der Waals surface area contributed by atoms with E-state index in [1.807, 2.05) is 6.92 Å². The molecular formula is C11H15ClN2O2. The Kier molecular flexibility index (Phi) is 5.22. The number of carbonyl (C=O) groups excluding carboxylic acids is 1. The number of aromatic nitrogens is 1. The van der Waals surface area contributed by atoms with Crippen molar-refractivity contribution in [1.82, 2.24) is 10.3 Å². The molecule has 1 amide bonds. The second-order valence-electron chi connectivity index (χ2n) is 3.61. The summed E-state index contributed by atoms with van der Waals surface area (Å²) in [5, 5.41) is 11.8. The van der Waals surface area contributed by atoms with E-state index in [0.717, 1.165) is 6.42 Å². The lowest BCUT2D eigenvalue weighted by Crippen LogP contribution is -2.32.